The number of nitrogens with one attached hydrogen (secondary N) is 1. The largest absolute Gasteiger partial charge is 0.395 e. The molecule has 2 unspecified atom stereocenters. The van der Waals surface area contributed by atoms with Crippen molar-refractivity contribution in [2.24, 2.45) is 0 Å². The molecule has 10 heteroatoms. The fraction of sp³-hybridized carbons (Fsp3) is 0.650. The number of hydrogen-bond acceptors (Lipinski definition) is 6. The van der Waals surface area contributed by atoms with Crippen LogP contribution in [0, 0.1) is 0 Å². The van der Waals surface area contributed by atoms with E-state index in [1.54, 1.807) is 0 Å². The van der Waals surface area contributed by atoms with Crippen LogP contribution in [-0.4, -0.2) is 76.8 Å². The number of fused-ring (bicyclic) bond motifs is 3. The van der Waals surface area contributed by atoms with Gasteiger partial charge in [-0.05, 0) is 37.8 Å². The Morgan fingerprint density at radius 3 is 2.50 bits per heavy atom. The van der Waals surface area contributed by atoms with Gasteiger partial charge in [0, 0.05) is 38.0 Å². The third-order valence-corrected chi connectivity index (χ3v) is 7.62. The van der Waals surface area contributed by atoms with Gasteiger partial charge < -0.3 is 19.7 Å². The van der Waals surface area contributed by atoms with Crippen LogP contribution < -0.4 is 4.90 Å². The maximum Gasteiger partial charge on any atom is 0.166 e. The lowest BCUT2D eigenvalue weighted by Gasteiger charge is -2.36. The first-order chi connectivity index (χ1) is 13.7. The highest BCUT2D eigenvalue weighted by atomic mass is 35.5. The van der Waals surface area contributed by atoms with Crippen LogP contribution in [0.2, 0.25) is 5.02 Å². The van der Waals surface area contributed by atoms with Crippen LogP contribution in [0.25, 0.3) is 11.0 Å². The number of hydrogen-bond donors (Lipinski definition) is 2. The van der Waals surface area contributed by atoms with Gasteiger partial charge in [-0.15, -0.1) is 24.8 Å². The number of rotatable bonds is 5. The Bertz CT molecular complexity index is 835. The van der Waals surface area contributed by atoms with E-state index in [4.69, 9.17) is 26.4 Å². The summed E-state index contributed by atoms with van der Waals surface area (Å²) in [5, 5.41) is 11.5. The molecule has 0 radical (unpaired) electrons. The lowest BCUT2D eigenvalue weighted by atomic mass is 10.1. The second-order valence-electron chi connectivity index (χ2n) is 8.08. The molecule has 30 heavy (non-hydrogen) atoms. The molecular weight excluding hydrogens is 467 g/mol. The maximum atomic E-state index is 9.12. The number of H-pyrrole nitrogens is 1. The number of ether oxygens (including phenoxy) is 1. The second-order valence-corrected chi connectivity index (χ2v) is 9.78. The van der Waals surface area contributed by atoms with Gasteiger partial charge in [0.1, 0.15) is 0 Å². The summed E-state index contributed by atoms with van der Waals surface area (Å²) in [6.45, 7) is 4.69. The average Bonchev–Trinajstić information content (AvgIpc) is 3.23. The number of β-amino-alcohol motifs (C(OH)–C–C–N with tert-alkyl or cyclic N) is 1. The molecule has 5 rings (SSSR count). The lowest BCUT2D eigenvalue weighted by molar-refractivity contribution is 0.00861. The summed E-state index contributed by atoms with van der Waals surface area (Å²) in [6, 6.07) is 4.13. The van der Waals surface area contributed by atoms with E-state index < -0.39 is 0 Å². The number of aromatic amines is 1. The van der Waals surface area contributed by atoms with Gasteiger partial charge in [0.05, 0.1) is 40.6 Å². The monoisotopic (exact) mass is 494 g/mol. The molecule has 6 nitrogen and oxygen atoms in total. The molecule has 0 aliphatic carbocycles. The van der Waals surface area contributed by atoms with Gasteiger partial charge in [-0.2, -0.15) is 0 Å². The van der Waals surface area contributed by atoms with E-state index >= 15 is 0 Å². The number of piperazine rings is 1. The molecule has 2 N–H and O–H groups in total. The van der Waals surface area contributed by atoms with E-state index in [9.17, 15) is 0 Å². The van der Waals surface area contributed by atoms with Crippen molar-refractivity contribution in [1.29, 1.82) is 0 Å². The molecule has 3 aliphatic heterocycles. The predicted molar refractivity (Wildman–Crippen MR) is 128 cm³/mol. The van der Waals surface area contributed by atoms with Crippen LogP contribution in [0.15, 0.2) is 17.3 Å². The standard InChI is InChI=1S/C20H27ClN4O2S.2ClH/c21-16-11-17-18(12-19(16)25-5-3-24(4-6-25)7-8-26)23-20(22-17)28-15-9-13-1-2-14(10-15)27-13;;/h11-15,26H,1-10H2,(H,22,23);2*1H. The molecule has 1 aromatic carbocycles. The third kappa shape index (κ3) is 5.14. The van der Waals surface area contributed by atoms with E-state index in [2.05, 4.69) is 20.9 Å². The van der Waals surface area contributed by atoms with E-state index in [-0.39, 0.29) is 31.4 Å². The zero-order chi connectivity index (χ0) is 19.1. The Morgan fingerprint density at radius 1 is 1.13 bits per heavy atom. The first-order valence-corrected chi connectivity index (χ1v) is 11.5. The number of imidazole rings is 1. The molecule has 3 fully saturated rings. The summed E-state index contributed by atoms with van der Waals surface area (Å²) in [6.07, 6.45) is 5.58. The quantitative estimate of drug-likeness (QED) is 0.654. The molecule has 0 amide bonds. The average molecular weight is 496 g/mol. The predicted octanol–water partition coefficient (Wildman–Crippen LogP) is 3.98. The Hall–Kier alpha value is -0.410. The van der Waals surface area contributed by atoms with Crippen LogP contribution in [0.3, 0.4) is 0 Å². The molecule has 3 saturated heterocycles. The fourth-order valence-corrected chi connectivity index (χ4v) is 6.25. The summed E-state index contributed by atoms with van der Waals surface area (Å²) in [7, 11) is 0. The van der Waals surface area contributed by atoms with E-state index in [0.29, 0.717) is 17.5 Å². The number of nitrogens with zero attached hydrogens (tertiary/aromatic N) is 3. The Kier molecular flexibility index (Phi) is 8.46. The van der Waals surface area contributed by atoms with Crippen molar-refractivity contribution in [1.82, 2.24) is 14.9 Å². The molecule has 2 bridgehead atoms. The van der Waals surface area contributed by atoms with Crippen LogP contribution in [0.5, 0.6) is 0 Å². The van der Waals surface area contributed by atoms with Crippen LogP contribution in [0.1, 0.15) is 25.7 Å². The van der Waals surface area contributed by atoms with Crippen molar-refractivity contribution in [2.45, 2.75) is 48.3 Å². The summed E-state index contributed by atoms with van der Waals surface area (Å²) >= 11 is 8.47. The van der Waals surface area contributed by atoms with Gasteiger partial charge in [0.25, 0.3) is 0 Å². The van der Waals surface area contributed by atoms with Crippen molar-refractivity contribution in [3.05, 3.63) is 17.2 Å². The highest BCUT2D eigenvalue weighted by Gasteiger charge is 2.35. The molecular formula is C20H29Cl3N4O2S. The number of aromatic nitrogens is 2. The molecule has 4 heterocycles. The zero-order valence-electron chi connectivity index (χ0n) is 16.8. The highest BCUT2D eigenvalue weighted by Crippen LogP contribution is 2.40. The van der Waals surface area contributed by atoms with Crippen molar-refractivity contribution in [2.75, 3.05) is 44.2 Å². The van der Waals surface area contributed by atoms with Crippen molar-refractivity contribution >= 4 is 64.9 Å². The van der Waals surface area contributed by atoms with Crippen LogP contribution >= 0.6 is 48.2 Å². The van der Waals surface area contributed by atoms with Crippen LogP contribution in [0.4, 0.5) is 5.69 Å². The van der Waals surface area contributed by atoms with Gasteiger partial charge in [-0.1, -0.05) is 23.4 Å². The summed E-state index contributed by atoms with van der Waals surface area (Å²) < 4.78 is 5.96. The van der Waals surface area contributed by atoms with Gasteiger partial charge in [0.15, 0.2) is 5.16 Å². The number of thioether (sulfide) groups is 1. The first-order valence-electron chi connectivity index (χ1n) is 10.3. The number of anilines is 1. The first kappa shape index (κ1) is 24.2. The lowest BCUT2D eigenvalue weighted by Crippen LogP contribution is -2.47. The van der Waals surface area contributed by atoms with Gasteiger partial charge in [0.2, 0.25) is 0 Å². The number of halogens is 3. The SMILES string of the molecule is Cl.Cl.OCCN1CCN(c2cc3nc(SC4CC5CCC(C4)O5)[nH]c3cc2Cl)CC1. The third-order valence-electron chi connectivity index (χ3n) is 6.18. The minimum Gasteiger partial charge on any atom is -0.395 e. The Morgan fingerprint density at radius 2 is 1.83 bits per heavy atom. The minimum atomic E-state index is 0. The number of aliphatic hydroxyl groups excluding tert-OH is 1. The minimum absolute atomic E-state index is 0. The molecule has 3 aliphatic rings. The molecule has 2 atom stereocenters. The Balaban J connectivity index is 0.00000128. The number of benzene rings is 1. The van der Waals surface area contributed by atoms with Gasteiger partial charge in [-0.25, -0.2) is 4.98 Å². The summed E-state index contributed by atoms with van der Waals surface area (Å²) in [5.41, 5.74) is 3.05. The normalized spacial score (nSPS) is 26.5. The van der Waals surface area contributed by atoms with Crippen molar-refractivity contribution in [3.8, 4) is 0 Å². The molecule has 0 saturated carbocycles. The smallest absolute Gasteiger partial charge is 0.166 e. The maximum absolute atomic E-state index is 9.12. The van der Waals surface area contributed by atoms with E-state index in [1.807, 2.05) is 17.8 Å². The van der Waals surface area contributed by atoms with E-state index in [0.717, 1.165) is 72.5 Å². The zero-order valence-corrected chi connectivity index (χ0v) is 20.0. The highest BCUT2D eigenvalue weighted by molar-refractivity contribution is 7.99. The van der Waals surface area contributed by atoms with E-state index in [1.165, 1.54) is 12.8 Å². The van der Waals surface area contributed by atoms with Gasteiger partial charge in [-0.3, -0.25) is 4.90 Å². The molecule has 0 spiro atoms. The molecule has 2 aromatic rings. The Labute approximate surface area is 198 Å². The van der Waals surface area contributed by atoms with Gasteiger partial charge >= 0.3 is 0 Å². The topological polar surface area (TPSA) is 64.6 Å². The molecule has 168 valence electrons. The molecule has 1 aromatic heterocycles. The second kappa shape index (κ2) is 10.5. The fourth-order valence-electron chi connectivity index (χ4n) is 4.71. The number of aliphatic hydroxyl groups is 1. The van der Waals surface area contributed by atoms with Crippen molar-refractivity contribution in [3.63, 3.8) is 0 Å². The van der Waals surface area contributed by atoms with Crippen LogP contribution in [-0.2, 0) is 4.74 Å². The summed E-state index contributed by atoms with van der Waals surface area (Å²) in [5.74, 6) is 0. The van der Waals surface area contributed by atoms with Crippen molar-refractivity contribution < 1.29 is 9.84 Å². The summed E-state index contributed by atoms with van der Waals surface area (Å²) in [4.78, 5) is 12.9.